The molecule has 5 heteroatoms. The maximum atomic E-state index is 13.7. The zero-order valence-electron chi connectivity index (χ0n) is 12.6. The Kier molecular flexibility index (Phi) is 4.52. The third-order valence-electron chi connectivity index (χ3n) is 3.82. The van der Waals surface area contributed by atoms with Crippen LogP contribution in [0.3, 0.4) is 0 Å². The molecule has 4 nitrogen and oxygen atoms in total. The van der Waals surface area contributed by atoms with E-state index in [0.717, 1.165) is 5.56 Å². The van der Waals surface area contributed by atoms with Crippen LogP contribution < -0.4 is 10.1 Å². The van der Waals surface area contributed by atoms with Gasteiger partial charge in [-0.25, -0.2) is 4.39 Å². The summed E-state index contributed by atoms with van der Waals surface area (Å²) in [6, 6.07) is 4.76. The largest absolute Gasteiger partial charge is 0.487 e. The Morgan fingerprint density at radius 1 is 1.52 bits per heavy atom. The first-order valence-corrected chi connectivity index (χ1v) is 7.26. The van der Waals surface area contributed by atoms with Crippen molar-refractivity contribution < 1.29 is 19.0 Å². The lowest BCUT2D eigenvalue weighted by molar-refractivity contribution is -0.145. The van der Waals surface area contributed by atoms with Gasteiger partial charge in [-0.3, -0.25) is 10.1 Å². The van der Waals surface area contributed by atoms with Crippen LogP contribution in [0.15, 0.2) is 18.2 Å². The average molecular weight is 295 g/mol. The molecule has 2 rings (SSSR count). The fraction of sp³-hybridized carbons (Fsp3) is 0.562. The molecule has 116 valence electrons. The van der Waals surface area contributed by atoms with E-state index in [9.17, 15) is 14.3 Å². The molecule has 0 heterocycles. The number of carboxylic acids is 1. The molecule has 0 aliphatic heterocycles. The van der Waals surface area contributed by atoms with Crippen LogP contribution in [0.5, 0.6) is 5.75 Å². The third kappa shape index (κ3) is 3.53. The van der Waals surface area contributed by atoms with Crippen LogP contribution in [0, 0.1) is 12.7 Å². The normalized spacial score (nSPS) is 25.3. The van der Waals surface area contributed by atoms with Gasteiger partial charge >= 0.3 is 5.97 Å². The number of rotatable bonds is 5. The van der Waals surface area contributed by atoms with Gasteiger partial charge in [-0.05, 0) is 51.3 Å². The predicted molar refractivity (Wildman–Crippen MR) is 78.0 cm³/mol. The van der Waals surface area contributed by atoms with Gasteiger partial charge in [0, 0.05) is 12.5 Å². The average Bonchev–Trinajstić information content (AvgIpc) is 2.77. The third-order valence-corrected chi connectivity index (χ3v) is 3.82. The maximum absolute atomic E-state index is 13.7. The number of aliphatic carboxylic acids is 1. The van der Waals surface area contributed by atoms with Crippen molar-refractivity contribution in [3.63, 3.8) is 0 Å². The topological polar surface area (TPSA) is 58.6 Å². The lowest BCUT2D eigenvalue weighted by Crippen LogP contribution is -2.53. The van der Waals surface area contributed by atoms with Crippen LogP contribution >= 0.6 is 0 Å². The first-order chi connectivity index (χ1) is 9.82. The van der Waals surface area contributed by atoms with Gasteiger partial charge in [-0.2, -0.15) is 0 Å². The molecule has 21 heavy (non-hydrogen) atoms. The summed E-state index contributed by atoms with van der Waals surface area (Å²) in [5, 5.41) is 12.6. The molecule has 1 fully saturated rings. The van der Waals surface area contributed by atoms with Gasteiger partial charge in [0.05, 0.1) is 0 Å². The first-order valence-electron chi connectivity index (χ1n) is 7.26. The molecule has 0 radical (unpaired) electrons. The van der Waals surface area contributed by atoms with E-state index in [2.05, 4.69) is 5.32 Å². The highest BCUT2D eigenvalue weighted by Gasteiger charge is 2.46. The standard InChI is InChI=1S/C16H22FNO3/c1-10(2)18-16(15(19)20)7-6-12(9-16)21-14-8-11(3)4-5-13(14)17/h4-5,8,10,12,18H,6-7,9H2,1-3H3,(H,19,20). The number of hydrogen-bond acceptors (Lipinski definition) is 3. The Morgan fingerprint density at radius 3 is 2.86 bits per heavy atom. The summed E-state index contributed by atoms with van der Waals surface area (Å²) in [6.45, 7) is 5.70. The highest BCUT2D eigenvalue weighted by atomic mass is 19.1. The fourth-order valence-corrected chi connectivity index (χ4v) is 2.92. The van der Waals surface area contributed by atoms with E-state index in [1.807, 2.05) is 20.8 Å². The molecule has 1 aromatic rings. The molecule has 2 N–H and O–H groups in total. The van der Waals surface area contributed by atoms with Crippen LogP contribution in [0.25, 0.3) is 0 Å². The van der Waals surface area contributed by atoms with Crippen LogP contribution in [0.4, 0.5) is 4.39 Å². The summed E-state index contributed by atoms with van der Waals surface area (Å²) in [4.78, 5) is 11.6. The summed E-state index contributed by atoms with van der Waals surface area (Å²) in [7, 11) is 0. The van der Waals surface area contributed by atoms with Gasteiger partial charge in [-0.15, -0.1) is 0 Å². The van der Waals surface area contributed by atoms with Gasteiger partial charge in [-0.1, -0.05) is 6.07 Å². The molecule has 1 saturated carbocycles. The Hall–Kier alpha value is -1.62. The lowest BCUT2D eigenvalue weighted by Gasteiger charge is -2.28. The molecule has 0 amide bonds. The van der Waals surface area contributed by atoms with Crippen molar-refractivity contribution in [1.29, 1.82) is 0 Å². The molecule has 1 aliphatic carbocycles. The van der Waals surface area contributed by atoms with E-state index in [1.165, 1.54) is 6.07 Å². The maximum Gasteiger partial charge on any atom is 0.324 e. The molecule has 1 aliphatic rings. The number of carboxylic acid groups (broad SMARTS) is 1. The Labute approximate surface area is 124 Å². The zero-order chi connectivity index (χ0) is 15.6. The second-order valence-corrected chi connectivity index (χ2v) is 6.10. The fourth-order valence-electron chi connectivity index (χ4n) is 2.92. The predicted octanol–water partition coefficient (Wildman–Crippen LogP) is 2.89. The van der Waals surface area contributed by atoms with Crippen LogP contribution in [0.1, 0.15) is 38.7 Å². The van der Waals surface area contributed by atoms with Crippen LogP contribution in [0.2, 0.25) is 0 Å². The van der Waals surface area contributed by atoms with E-state index in [0.29, 0.717) is 19.3 Å². The van der Waals surface area contributed by atoms with Crippen LogP contribution in [-0.2, 0) is 4.79 Å². The monoisotopic (exact) mass is 295 g/mol. The number of benzene rings is 1. The van der Waals surface area contributed by atoms with Gasteiger partial charge < -0.3 is 9.84 Å². The lowest BCUT2D eigenvalue weighted by atomic mass is 9.96. The molecule has 2 atom stereocenters. The van der Waals surface area contributed by atoms with Gasteiger partial charge in [0.2, 0.25) is 0 Å². The van der Waals surface area contributed by atoms with Gasteiger partial charge in [0.1, 0.15) is 11.6 Å². The van der Waals surface area contributed by atoms with Crippen molar-refractivity contribution in [3.8, 4) is 5.75 Å². The molecule has 0 bridgehead atoms. The van der Waals surface area contributed by atoms with Crippen molar-refractivity contribution in [3.05, 3.63) is 29.6 Å². The Bertz CT molecular complexity index is 532. The highest BCUT2D eigenvalue weighted by Crippen LogP contribution is 2.34. The summed E-state index contributed by atoms with van der Waals surface area (Å²) >= 11 is 0. The van der Waals surface area contributed by atoms with Crippen molar-refractivity contribution >= 4 is 5.97 Å². The molecular formula is C16H22FNO3. The SMILES string of the molecule is Cc1ccc(F)c(OC2CCC(NC(C)C)(C(=O)O)C2)c1. The Morgan fingerprint density at radius 2 is 2.24 bits per heavy atom. The van der Waals surface area contributed by atoms with Crippen molar-refractivity contribution in [2.45, 2.75) is 57.7 Å². The summed E-state index contributed by atoms with van der Waals surface area (Å²) in [6.07, 6.45) is 1.13. The quantitative estimate of drug-likeness (QED) is 0.877. The molecule has 0 spiro atoms. The molecule has 0 aromatic heterocycles. The smallest absolute Gasteiger partial charge is 0.324 e. The number of carbonyl (C=O) groups is 1. The van der Waals surface area contributed by atoms with Gasteiger partial charge in [0.25, 0.3) is 0 Å². The van der Waals surface area contributed by atoms with Crippen molar-refractivity contribution in [2.24, 2.45) is 0 Å². The number of ether oxygens (including phenoxy) is 1. The van der Waals surface area contributed by atoms with Crippen molar-refractivity contribution in [2.75, 3.05) is 0 Å². The Balaban J connectivity index is 2.10. The number of halogens is 1. The highest BCUT2D eigenvalue weighted by molar-refractivity contribution is 5.79. The number of nitrogens with one attached hydrogen (secondary N) is 1. The minimum Gasteiger partial charge on any atom is -0.487 e. The molecular weight excluding hydrogens is 273 g/mol. The van der Waals surface area contributed by atoms with E-state index in [1.54, 1.807) is 12.1 Å². The molecule has 1 aromatic carbocycles. The minimum absolute atomic E-state index is 0.0653. The summed E-state index contributed by atoms with van der Waals surface area (Å²) in [5.74, 6) is -1.08. The zero-order valence-corrected chi connectivity index (χ0v) is 12.6. The summed E-state index contributed by atoms with van der Waals surface area (Å²) < 4.78 is 19.4. The second kappa shape index (κ2) is 6.02. The van der Waals surface area contributed by atoms with E-state index in [4.69, 9.17) is 4.74 Å². The molecule has 2 unspecified atom stereocenters. The van der Waals surface area contributed by atoms with Crippen molar-refractivity contribution in [1.82, 2.24) is 5.32 Å². The molecule has 0 saturated heterocycles. The van der Waals surface area contributed by atoms with Gasteiger partial charge in [0.15, 0.2) is 11.6 Å². The van der Waals surface area contributed by atoms with Crippen LogP contribution in [-0.4, -0.2) is 28.8 Å². The number of hydrogen-bond donors (Lipinski definition) is 2. The second-order valence-electron chi connectivity index (χ2n) is 6.10. The summed E-state index contributed by atoms with van der Waals surface area (Å²) in [5.41, 5.74) is -0.0618. The number of aryl methyl sites for hydroxylation is 1. The van der Waals surface area contributed by atoms with E-state index < -0.39 is 17.3 Å². The first kappa shape index (κ1) is 15.8. The van der Waals surface area contributed by atoms with E-state index >= 15 is 0 Å². The van der Waals surface area contributed by atoms with E-state index in [-0.39, 0.29) is 17.9 Å². The minimum atomic E-state index is -0.973.